The van der Waals surface area contributed by atoms with E-state index in [0.29, 0.717) is 11.6 Å². The number of hydrogen-bond acceptors (Lipinski definition) is 2. The summed E-state index contributed by atoms with van der Waals surface area (Å²) in [7, 11) is 0. The highest BCUT2D eigenvalue weighted by Crippen LogP contribution is 2.30. The molecule has 4 heteroatoms. The van der Waals surface area contributed by atoms with Gasteiger partial charge in [-0.15, -0.1) is 0 Å². The average Bonchev–Trinajstić information content (AvgIpc) is 2.97. The second kappa shape index (κ2) is 6.12. The molecule has 0 bridgehead atoms. The molecule has 0 aliphatic heterocycles. The molecule has 1 heterocycles. The standard InChI is InChI=1S/C17H21N3O/c1-13-7-9-14(10-8-13)17(21)19-16-11-12-18-20(16)15-5-3-2-4-6-15/h7-12,15H,2-6H2,1H3,(H,19,21). The predicted octanol–water partition coefficient (Wildman–Crippen LogP) is 3.95. The van der Waals surface area contributed by atoms with E-state index in [9.17, 15) is 4.79 Å². The monoisotopic (exact) mass is 283 g/mol. The third kappa shape index (κ3) is 3.15. The second-order valence-electron chi connectivity index (χ2n) is 5.77. The summed E-state index contributed by atoms with van der Waals surface area (Å²) in [6, 6.07) is 9.90. The van der Waals surface area contributed by atoms with E-state index >= 15 is 0 Å². The highest BCUT2D eigenvalue weighted by molar-refractivity contribution is 6.03. The maximum atomic E-state index is 12.3. The molecule has 1 aromatic carbocycles. The van der Waals surface area contributed by atoms with Gasteiger partial charge in [0.15, 0.2) is 0 Å². The molecule has 4 nitrogen and oxygen atoms in total. The predicted molar refractivity (Wildman–Crippen MR) is 83.5 cm³/mol. The van der Waals surface area contributed by atoms with Crippen LogP contribution in [0, 0.1) is 6.92 Å². The molecule has 0 saturated heterocycles. The van der Waals surface area contributed by atoms with Gasteiger partial charge in [0.05, 0.1) is 12.2 Å². The van der Waals surface area contributed by atoms with Crippen LogP contribution in [0.3, 0.4) is 0 Å². The van der Waals surface area contributed by atoms with Gasteiger partial charge in [-0.05, 0) is 31.9 Å². The van der Waals surface area contributed by atoms with E-state index < -0.39 is 0 Å². The zero-order chi connectivity index (χ0) is 14.7. The van der Waals surface area contributed by atoms with E-state index in [1.54, 1.807) is 6.20 Å². The number of benzene rings is 1. The van der Waals surface area contributed by atoms with Crippen LogP contribution in [0.1, 0.15) is 54.1 Å². The van der Waals surface area contributed by atoms with Gasteiger partial charge in [-0.2, -0.15) is 5.10 Å². The first-order valence-electron chi connectivity index (χ1n) is 7.65. The zero-order valence-corrected chi connectivity index (χ0v) is 12.4. The number of carbonyl (C=O) groups excluding carboxylic acids is 1. The van der Waals surface area contributed by atoms with Crippen molar-refractivity contribution in [3.8, 4) is 0 Å². The molecule has 0 spiro atoms. The first kappa shape index (κ1) is 13.9. The Labute approximate surface area is 125 Å². The number of rotatable bonds is 3. The molecule has 1 N–H and O–H groups in total. The van der Waals surface area contributed by atoms with Crippen LogP contribution in [0.15, 0.2) is 36.5 Å². The van der Waals surface area contributed by atoms with Crippen LogP contribution in [0.4, 0.5) is 5.82 Å². The second-order valence-corrected chi connectivity index (χ2v) is 5.77. The van der Waals surface area contributed by atoms with E-state index in [-0.39, 0.29) is 5.91 Å². The number of aryl methyl sites for hydroxylation is 1. The van der Waals surface area contributed by atoms with Crippen LogP contribution in [-0.2, 0) is 0 Å². The van der Waals surface area contributed by atoms with E-state index in [4.69, 9.17) is 0 Å². The quantitative estimate of drug-likeness (QED) is 0.927. The van der Waals surface area contributed by atoms with Crippen LogP contribution < -0.4 is 5.32 Å². The molecule has 0 atom stereocenters. The third-order valence-corrected chi connectivity index (χ3v) is 4.15. The summed E-state index contributed by atoms with van der Waals surface area (Å²) < 4.78 is 1.98. The van der Waals surface area contributed by atoms with E-state index in [1.807, 2.05) is 41.9 Å². The number of nitrogens with zero attached hydrogens (tertiary/aromatic N) is 2. The first-order valence-corrected chi connectivity index (χ1v) is 7.65. The molecular weight excluding hydrogens is 262 g/mol. The lowest BCUT2D eigenvalue weighted by molar-refractivity contribution is 0.102. The van der Waals surface area contributed by atoms with Gasteiger partial charge in [-0.1, -0.05) is 37.0 Å². The molecule has 1 aromatic heterocycles. The van der Waals surface area contributed by atoms with Crippen molar-refractivity contribution in [3.05, 3.63) is 47.7 Å². The van der Waals surface area contributed by atoms with Crippen LogP contribution >= 0.6 is 0 Å². The summed E-state index contributed by atoms with van der Waals surface area (Å²) in [4.78, 5) is 12.3. The topological polar surface area (TPSA) is 46.9 Å². The Balaban J connectivity index is 1.74. The van der Waals surface area contributed by atoms with Gasteiger partial charge >= 0.3 is 0 Å². The third-order valence-electron chi connectivity index (χ3n) is 4.15. The normalized spacial score (nSPS) is 15.9. The molecule has 3 rings (SSSR count). The average molecular weight is 283 g/mol. The molecule has 1 saturated carbocycles. The first-order chi connectivity index (χ1) is 10.2. The van der Waals surface area contributed by atoms with E-state index in [1.165, 1.54) is 19.3 Å². The van der Waals surface area contributed by atoms with Crippen LogP contribution in [0.5, 0.6) is 0 Å². The van der Waals surface area contributed by atoms with Crippen molar-refractivity contribution in [2.45, 2.75) is 45.1 Å². The van der Waals surface area contributed by atoms with Crippen LogP contribution in [-0.4, -0.2) is 15.7 Å². The molecule has 0 unspecified atom stereocenters. The molecular formula is C17H21N3O. The zero-order valence-electron chi connectivity index (χ0n) is 12.4. The lowest BCUT2D eigenvalue weighted by atomic mass is 9.96. The maximum absolute atomic E-state index is 12.3. The van der Waals surface area contributed by atoms with E-state index in [2.05, 4.69) is 10.4 Å². The summed E-state index contributed by atoms with van der Waals surface area (Å²) in [6.45, 7) is 2.01. The largest absolute Gasteiger partial charge is 0.307 e. The lowest BCUT2D eigenvalue weighted by Crippen LogP contribution is -2.20. The minimum Gasteiger partial charge on any atom is -0.307 e. The van der Waals surface area contributed by atoms with Gasteiger partial charge < -0.3 is 5.32 Å². The number of hydrogen-bond donors (Lipinski definition) is 1. The van der Waals surface area contributed by atoms with Crippen molar-refractivity contribution in [3.63, 3.8) is 0 Å². The van der Waals surface area contributed by atoms with Gasteiger partial charge in [-0.3, -0.25) is 4.79 Å². The molecule has 1 aliphatic carbocycles. The number of amides is 1. The smallest absolute Gasteiger partial charge is 0.256 e. The van der Waals surface area contributed by atoms with Crippen molar-refractivity contribution in [2.75, 3.05) is 5.32 Å². The fourth-order valence-corrected chi connectivity index (χ4v) is 2.92. The highest BCUT2D eigenvalue weighted by Gasteiger charge is 2.19. The minimum atomic E-state index is -0.0763. The Kier molecular flexibility index (Phi) is 4.04. The summed E-state index contributed by atoms with van der Waals surface area (Å²) in [6.07, 6.45) is 7.86. The molecule has 21 heavy (non-hydrogen) atoms. The minimum absolute atomic E-state index is 0.0763. The van der Waals surface area contributed by atoms with Crippen molar-refractivity contribution in [1.82, 2.24) is 9.78 Å². The number of nitrogens with one attached hydrogen (secondary N) is 1. The number of anilines is 1. The summed E-state index contributed by atoms with van der Waals surface area (Å²) >= 11 is 0. The molecule has 110 valence electrons. The van der Waals surface area contributed by atoms with Gasteiger partial charge in [0, 0.05) is 11.6 Å². The summed E-state index contributed by atoms with van der Waals surface area (Å²) in [5.41, 5.74) is 1.83. The van der Waals surface area contributed by atoms with Crippen molar-refractivity contribution >= 4 is 11.7 Å². The highest BCUT2D eigenvalue weighted by atomic mass is 16.1. The fraction of sp³-hybridized carbons (Fsp3) is 0.412. The fourth-order valence-electron chi connectivity index (χ4n) is 2.92. The van der Waals surface area contributed by atoms with E-state index in [0.717, 1.165) is 24.2 Å². The van der Waals surface area contributed by atoms with Gasteiger partial charge in [0.25, 0.3) is 5.91 Å². The molecule has 1 amide bonds. The number of carbonyl (C=O) groups is 1. The van der Waals surface area contributed by atoms with Crippen LogP contribution in [0.25, 0.3) is 0 Å². The molecule has 1 aliphatic rings. The maximum Gasteiger partial charge on any atom is 0.256 e. The van der Waals surface area contributed by atoms with Crippen LogP contribution in [0.2, 0.25) is 0 Å². The Bertz CT molecular complexity index is 609. The molecule has 0 radical (unpaired) electrons. The molecule has 2 aromatic rings. The molecule has 1 fully saturated rings. The summed E-state index contributed by atoms with van der Waals surface area (Å²) in [5.74, 6) is 0.722. The Morgan fingerprint density at radius 3 is 2.57 bits per heavy atom. The Hall–Kier alpha value is -2.10. The van der Waals surface area contributed by atoms with Crippen molar-refractivity contribution in [1.29, 1.82) is 0 Å². The van der Waals surface area contributed by atoms with Crippen molar-refractivity contribution < 1.29 is 4.79 Å². The summed E-state index contributed by atoms with van der Waals surface area (Å²) in [5, 5.41) is 7.39. The number of aromatic nitrogens is 2. The van der Waals surface area contributed by atoms with Crippen molar-refractivity contribution in [2.24, 2.45) is 0 Å². The van der Waals surface area contributed by atoms with Gasteiger partial charge in [-0.25, -0.2) is 4.68 Å². The lowest BCUT2D eigenvalue weighted by Gasteiger charge is -2.23. The van der Waals surface area contributed by atoms with Gasteiger partial charge in [0.1, 0.15) is 5.82 Å². The SMILES string of the molecule is Cc1ccc(C(=O)Nc2ccnn2C2CCCCC2)cc1. The Morgan fingerprint density at radius 1 is 1.14 bits per heavy atom. The van der Waals surface area contributed by atoms with Gasteiger partial charge in [0.2, 0.25) is 0 Å². The Morgan fingerprint density at radius 2 is 1.86 bits per heavy atom.